The lowest BCUT2D eigenvalue weighted by atomic mass is 10.1. The summed E-state index contributed by atoms with van der Waals surface area (Å²) in [4.78, 5) is 4.30. The van der Waals surface area contributed by atoms with Crippen molar-refractivity contribution in [2.45, 2.75) is 13.3 Å². The highest BCUT2D eigenvalue weighted by molar-refractivity contribution is 6.34. The Morgan fingerprint density at radius 1 is 1.33 bits per heavy atom. The monoisotopic (exact) mass is 221 g/mol. The number of hydrogen-bond donors (Lipinski definition) is 0. The summed E-state index contributed by atoms with van der Waals surface area (Å²) in [6.07, 6.45) is 0.882. The molecule has 0 aliphatic carbocycles. The molecular weight excluding hydrogens is 210 g/mol. The number of rotatable bonds is 2. The van der Waals surface area contributed by atoms with Crippen molar-refractivity contribution < 1.29 is 4.74 Å². The quantitative estimate of drug-likeness (QED) is 0.725. The number of benzene rings is 1. The van der Waals surface area contributed by atoms with Gasteiger partial charge in [-0.05, 0) is 36.1 Å². The van der Waals surface area contributed by atoms with Crippen LogP contribution in [0.5, 0.6) is 5.75 Å². The highest BCUT2D eigenvalue weighted by Crippen LogP contribution is 2.26. The standard InChI is InChI=1S/C12H12ClNO/c1-3-9-6-8-7-10(15-2)4-5-11(8)12(13)14-9/h4-7H,3H2,1-2H3. The van der Waals surface area contributed by atoms with E-state index in [1.807, 2.05) is 24.3 Å². The zero-order valence-corrected chi connectivity index (χ0v) is 9.51. The number of fused-ring (bicyclic) bond motifs is 1. The Morgan fingerprint density at radius 2 is 2.13 bits per heavy atom. The summed E-state index contributed by atoms with van der Waals surface area (Å²) in [6.45, 7) is 2.06. The smallest absolute Gasteiger partial charge is 0.137 e. The van der Waals surface area contributed by atoms with Crippen LogP contribution in [0, 0.1) is 0 Å². The van der Waals surface area contributed by atoms with Crippen LogP contribution in [0.25, 0.3) is 10.8 Å². The Kier molecular flexibility index (Phi) is 2.78. The molecule has 1 heterocycles. The van der Waals surface area contributed by atoms with Crippen LogP contribution < -0.4 is 4.74 Å². The van der Waals surface area contributed by atoms with Gasteiger partial charge in [0.25, 0.3) is 0 Å². The molecule has 0 atom stereocenters. The summed E-state index contributed by atoms with van der Waals surface area (Å²) in [6, 6.07) is 7.84. The summed E-state index contributed by atoms with van der Waals surface area (Å²) in [5.74, 6) is 0.840. The van der Waals surface area contributed by atoms with Crippen molar-refractivity contribution in [1.82, 2.24) is 4.98 Å². The molecule has 0 radical (unpaired) electrons. The maximum absolute atomic E-state index is 6.08. The second-order valence-corrected chi connectivity index (χ2v) is 3.70. The number of ether oxygens (including phenoxy) is 1. The van der Waals surface area contributed by atoms with Gasteiger partial charge in [-0.15, -0.1) is 0 Å². The number of nitrogens with zero attached hydrogens (tertiary/aromatic N) is 1. The summed E-state index contributed by atoms with van der Waals surface area (Å²) >= 11 is 6.08. The zero-order chi connectivity index (χ0) is 10.8. The number of pyridine rings is 1. The van der Waals surface area contributed by atoms with E-state index in [4.69, 9.17) is 16.3 Å². The normalized spacial score (nSPS) is 10.6. The predicted octanol–water partition coefficient (Wildman–Crippen LogP) is 3.46. The molecule has 0 fully saturated rings. The van der Waals surface area contributed by atoms with Crippen LogP contribution in [0.2, 0.25) is 5.15 Å². The number of methoxy groups -OCH3 is 1. The molecule has 1 aromatic carbocycles. The minimum Gasteiger partial charge on any atom is -0.497 e. The molecule has 0 aliphatic rings. The molecule has 0 aliphatic heterocycles. The molecule has 0 saturated carbocycles. The summed E-state index contributed by atoms with van der Waals surface area (Å²) in [5, 5.41) is 2.60. The van der Waals surface area contributed by atoms with E-state index < -0.39 is 0 Å². The van der Waals surface area contributed by atoms with Gasteiger partial charge >= 0.3 is 0 Å². The van der Waals surface area contributed by atoms with E-state index in [2.05, 4.69) is 11.9 Å². The van der Waals surface area contributed by atoms with Gasteiger partial charge in [-0.25, -0.2) is 4.98 Å². The Bertz CT molecular complexity index is 491. The molecular formula is C12H12ClNO. The number of halogens is 1. The SMILES string of the molecule is CCc1cc2cc(OC)ccc2c(Cl)n1. The largest absolute Gasteiger partial charge is 0.497 e. The minimum atomic E-state index is 0.562. The van der Waals surface area contributed by atoms with Crippen LogP contribution >= 0.6 is 11.6 Å². The third-order valence-corrected chi connectivity index (χ3v) is 2.70. The van der Waals surface area contributed by atoms with Crippen LogP contribution in [0.1, 0.15) is 12.6 Å². The number of aromatic nitrogens is 1. The van der Waals surface area contributed by atoms with Crippen molar-refractivity contribution >= 4 is 22.4 Å². The second-order valence-electron chi connectivity index (χ2n) is 3.35. The highest BCUT2D eigenvalue weighted by atomic mass is 35.5. The molecule has 15 heavy (non-hydrogen) atoms. The van der Waals surface area contributed by atoms with Gasteiger partial charge in [0.1, 0.15) is 10.9 Å². The number of hydrogen-bond acceptors (Lipinski definition) is 2. The molecule has 0 unspecified atom stereocenters. The van der Waals surface area contributed by atoms with Gasteiger partial charge in [0, 0.05) is 11.1 Å². The summed E-state index contributed by atoms with van der Waals surface area (Å²) in [7, 11) is 1.66. The zero-order valence-electron chi connectivity index (χ0n) is 8.75. The molecule has 2 aromatic rings. The molecule has 0 bridgehead atoms. The molecule has 1 aromatic heterocycles. The Labute approximate surface area is 93.8 Å². The second kappa shape index (κ2) is 4.07. The van der Waals surface area contributed by atoms with Gasteiger partial charge in [-0.3, -0.25) is 0 Å². The Morgan fingerprint density at radius 3 is 2.80 bits per heavy atom. The molecule has 0 spiro atoms. The Balaban J connectivity index is 2.69. The fourth-order valence-corrected chi connectivity index (χ4v) is 1.83. The van der Waals surface area contributed by atoms with Crippen LogP contribution in [-0.2, 0) is 6.42 Å². The van der Waals surface area contributed by atoms with E-state index in [1.54, 1.807) is 7.11 Å². The number of aryl methyl sites for hydroxylation is 1. The van der Waals surface area contributed by atoms with Crippen molar-refractivity contribution in [2.24, 2.45) is 0 Å². The van der Waals surface area contributed by atoms with E-state index in [0.717, 1.165) is 28.6 Å². The van der Waals surface area contributed by atoms with E-state index in [1.165, 1.54) is 0 Å². The molecule has 0 amide bonds. The average molecular weight is 222 g/mol. The van der Waals surface area contributed by atoms with Crippen molar-refractivity contribution in [3.8, 4) is 5.75 Å². The maximum Gasteiger partial charge on any atom is 0.137 e. The van der Waals surface area contributed by atoms with Crippen molar-refractivity contribution in [3.05, 3.63) is 35.1 Å². The van der Waals surface area contributed by atoms with E-state index in [9.17, 15) is 0 Å². The van der Waals surface area contributed by atoms with Gasteiger partial charge in [0.15, 0.2) is 0 Å². The molecule has 2 nitrogen and oxygen atoms in total. The first-order valence-corrected chi connectivity index (χ1v) is 5.25. The van der Waals surface area contributed by atoms with E-state index in [-0.39, 0.29) is 0 Å². The molecule has 0 saturated heterocycles. The first kappa shape index (κ1) is 10.2. The lowest BCUT2D eigenvalue weighted by Crippen LogP contribution is -1.89. The molecule has 2 rings (SSSR count). The summed E-state index contributed by atoms with van der Waals surface area (Å²) in [5.41, 5.74) is 1.00. The van der Waals surface area contributed by atoms with Gasteiger partial charge in [-0.2, -0.15) is 0 Å². The Hall–Kier alpha value is -1.28. The fourth-order valence-electron chi connectivity index (χ4n) is 1.55. The van der Waals surface area contributed by atoms with Gasteiger partial charge in [-0.1, -0.05) is 18.5 Å². The molecule has 0 N–H and O–H groups in total. The third kappa shape index (κ3) is 1.90. The molecule has 78 valence electrons. The van der Waals surface area contributed by atoms with Gasteiger partial charge in [0.2, 0.25) is 0 Å². The van der Waals surface area contributed by atoms with E-state index in [0.29, 0.717) is 5.15 Å². The van der Waals surface area contributed by atoms with Gasteiger partial charge in [0.05, 0.1) is 7.11 Å². The lowest BCUT2D eigenvalue weighted by molar-refractivity contribution is 0.415. The van der Waals surface area contributed by atoms with Crippen molar-refractivity contribution in [1.29, 1.82) is 0 Å². The first-order chi connectivity index (χ1) is 7.24. The van der Waals surface area contributed by atoms with Crippen molar-refractivity contribution in [3.63, 3.8) is 0 Å². The molecule has 3 heteroatoms. The van der Waals surface area contributed by atoms with E-state index >= 15 is 0 Å². The maximum atomic E-state index is 6.08. The van der Waals surface area contributed by atoms with Crippen molar-refractivity contribution in [2.75, 3.05) is 7.11 Å². The highest BCUT2D eigenvalue weighted by Gasteiger charge is 2.04. The van der Waals surface area contributed by atoms with Crippen LogP contribution in [0.3, 0.4) is 0 Å². The topological polar surface area (TPSA) is 22.1 Å². The minimum absolute atomic E-state index is 0.562. The average Bonchev–Trinajstić information content (AvgIpc) is 2.28. The lowest BCUT2D eigenvalue weighted by Gasteiger charge is -2.05. The van der Waals surface area contributed by atoms with Gasteiger partial charge < -0.3 is 4.74 Å². The fraction of sp³-hybridized carbons (Fsp3) is 0.250. The van der Waals surface area contributed by atoms with Crippen LogP contribution in [-0.4, -0.2) is 12.1 Å². The third-order valence-electron chi connectivity index (χ3n) is 2.41. The predicted molar refractivity (Wildman–Crippen MR) is 62.7 cm³/mol. The van der Waals surface area contributed by atoms with Crippen LogP contribution in [0.4, 0.5) is 0 Å². The first-order valence-electron chi connectivity index (χ1n) is 4.87. The van der Waals surface area contributed by atoms with Crippen LogP contribution in [0.15, 0.2) is 24.3 Å². The summed E-state index contributed by atoms with van der Waals surface area (Å²) < 4.78 is 5.17.